The average Bonchev–Trinajstić information content (AvgIpc) is 2.44. The lowest BCUT2D eigenvalue weighted by molar-refractivity contribution is 0.559. The number of nitrogens with one attached hydrogen (secondary N) is 1. The Kier molecular flexibility index (Phi) is 5.67. The smallest absolute Gasteiger partial charge is 0.148 e. The van der Waals surface area contributed by atoms with Crippen LogP contribution >= 0.6 is 39.1 Å². The molecule has 0 aliphatic carbocycles. The van der Waals surface area contributed by atoms with Gasteiger partial charge in [-0.2, -0.15) is 0 Å². The van der Waals surface area contributed by atoms with Crippen molar-refractivity contribution in [2.75, 3.05) is 6.54 Å². The molecule has 0 aliphatic rings. The van der Waals surface area contributed by atoms with Gasteiger partial charge in [0.05, 0.1) is 11.1 Å². The molecule has 21 heavy (non-hydrogen) atoms. The first-order valence-electron chi connectivity index (χ1n) is 6.58. The van der Waals surface area contributed by atoms with Gasteiger partial charge in [0, 0.05) is 15.1 Å². The number of hydrogen-bond acceptors (Lipinski definition) is 1. The number of aryl methyl sites for hydroxylation is 1. The van der Waals surface area contributed by atoms with E-state index < -0.39 is 5.82 Å². The molecule has 0 amide bonds. The molecule has 0 saturated heterocycles. The molecule has 0 heterocycles. The normalized spacial score (nSPS) is 12.5. The van der Waals surface area contributed by atoms with Crippen molar-refractivity contribution in [2.24, 2.45) is 0 Å². The second-order valence-corrected chi connectivity index (χ2v) is 6.42. The van der Waals surface area contributed by atoms with Gasteiger partial charge in [-0.05, 0) is 52.7 Å². The largest absolute Gasteiger partial charge is 0.306 e. The van der Waals surface area contributed by atoms with Crippen molar-refractivity contribution in [3.8, 4) is 0 Å². The summed E-state index contributed by atoms with van der Waals surface area (Å²) >= 11 is 15.6. The van der Waals surface area contributed by atoms with Gasteiger partial charge in [0.1, 0.15) is 5.82 Å². The summed E-state index contributed by atoms with van der Waals surface area (Å²) in [5, 5.41) is 3.96. The van der Waals surface area contributed by atoms with Crippen molar-refractivity contribution in [3.63, 3.8) is 0 Å². The van der Waals surface area contributed by atoms with E-state index in [1.54, 1.807) is 12.1 Å². The van der Waals surface area contributed by atoms with E-state index in [2.05, 4.69) is 21.2 Å². The molecule has 5 heteroatoms. The van der Waals surface area contributed by atoms with E-state index in [9.17, 15) is 4.39 Å². The van der Waals surface area contributed by atoms with Gasteiger partial charge >= 0.3 is 0 Å². The highest BCUT2D eigenvalue weighted by Crippen LogP contribution is 2.35. The molecule has 0 saturated carbocycles. The van der Waals surface area contributed by atoms with Gasteiger partial charge in [0.15, 0.2) is 0 Å². The highest BCUT2D eigenvalue weighted by molar-refractivity contribution is 9.10. The molecule has 2 rings (SSSR count). The van der Waals surface area contributed by atoms with Crippen LogP contribution in [0.5, 0.6) is 0 Å². The van der Waals surface area contributed by atoms with Crippen molar-refractivity contribution in [1.82, 2.24) is 5.32 Å². The monoisotopic (exact) mass is 389 g/mol. The summed E-state index contributed by atoms with van der Waals surface area (Å²) in [5.74, 6) is -0.436. The van der Waals surface area contributed by atoms with E-state index in [1.165, 1.54) is 0 Å². The molecule has 0 radical (unpaired) electrons. The predicted molar refractivity (Wildman–Crippen MR) is 90.8 cm³/mol. The Labute approximate surface area is 142 Å². The van der Waals surface area contributed by atoms with Crippen molar-refractivity contribution >= 4 is 39.1 Å². The topological polar surface area (TPSA) is 12.0 Å². The molecular weight excluding hydrogens is 376 g/mol. The summed E-state index contributed by atoms with van der Waals surface area (Å²) in [5.41, 5.74) is 2.38. The Bertz CT molecular complexity index is 661. The standard InChI is InChI=1S/C16H15BrCl2FN/c1-3-21-16(10-5-4-9(2)8-13(10)18)11-6-7-12(17)14(19)15(11)20/h4-8,16,21H,3H2,1-2H3. The molecule has 0 fully saturated rings. The average molecular weight is 391 g/mol. The molecule has 1 N–H and O–H groups in total. The Hall–Kier alpha value is -0.610. The SMILES string of the molecule is CCNC(c1ccc(C)cc1Cl)c1ccc(Br)c(Cl)c1F. The van der Waals surface area contributed by atoms with Gasteiger partial charge in [-0.25, -0.2) is 4.39 Å². The summed E-state index contributed by atoms with van der Waals surface area (Å²) in [4.78, 5) is 0. The molecule has 1 atom stereocenters. The molecule has 1 nitrogen and oxygen atoms in total. The Morgan fingerprint density at radius 2 is 1.86 bits per heavy atom. The zero-order valence-corrected chi connectivity index (χ0v) is 14.8. The zero-order chi connectivity index (χ0) is 15.6. The van der Waals surface area contributed by atoms with E-state index in [0.717, 1.165) is 11.1 Å². The molecule has 0 aromatic heterocycles. The van der Waals surface area contributed by atoms with E-state index in [0.29, 0.717) is 21.6 Å². The van der Waals surface area contributed by atoms with Crippen LogP contribution in [0, 0.1) is 12.7 Å². The summed E-state index contributed by atoms with van der Waals surface area (Å²) in [7, 11) is 0. The van der Waals surface area contributed by atoms with Crippen LogP contribution in [0.2, 0.25) is 10.0 Å². The number of hydrogen-bond donors (Lipinski definition) is 1. The fourth-order valence-corrected chi connectivity index (χ4v) is 3.04. The van der Waals surface area contributed by atoms with Crippen molar-refractivity contribution < 1.29 is 4.39 Å². The molecule has 2 aromatic rings. The van der Waals surface area contributed by atoms with Gasteiger partial charge in [0.2, 0.25) is 0 Å². The van der Waals surface area contributed by atoms with Crippen molar-refractivity contribution in [2.45, 2.75) is 19.9 Å². The van der Waals surface area contributed by atoms with Gasteiger partial charge in [-0.15, -0.1) is 0 Å². The van der Waals surface area contributed by atoms with Gasteiger partial charge in [-0.3, -0.25) is 0 Å². The van der Waals surface area contributed by atoms with E-state index in [4.69, 9.17) is 23.2 Å². The second kappa shape index (κ2) is 7.10. The molecular formula is C16H15BrCl2FN. The van der Waals surface area contributed by atoms with Crippen LogP contribution in [0.15, 0.2) is 34.8 Å². The third kappa shape index (κ3) is 3.59. The zero-order valence-electron chi connectivity index (χ0n) is 11.7. The van der Waals surface area contributed by atoms with Crippen molar-refractivity contribution in [3.05, 3.63) is 67.4 Å². The number of benzene rings is 2. The minimum absolute atomic E-state index is 0.0821. The predicted octanol–water partition coefficient (Wildman–Crippen LogP) is 5.90. The maximum absolute atomic E-state index is 14.5. The van der Waals surface area contributed by atoms with Crippen LogP contribution in [-0.4, -0.2) is 6.54 Å². The second-order valence-electron chi connectivity index (χ2n) is 4.78. The highest BCUT2D eigenvalue weighted by atomic mass is 79.9. The first kappa shape index (κ1) is 16.8. The lowest BCUT2D eigenvalue weighted by Crippen LogP contribution is -2.23. The Balaban J connectivity index is 2.56. The Morgan fingerprint density at radius 1 is 1.19 bits per heavy atom. The molecule has 2 aromatic carbocycles. The van der Waals surface area contributed by atoms with Crippen LogP contribution in [0.25, 0.3) is 0 Å². The first-order chi connectivity index (χ1) is 9.95. The fourth-order valence-electron chi connectivity index (χ4n) is 2.22. The quantitative estimate of drug-likeness (QED) is 0.640. The summed E-state index contributed by atoms with van der Waals surface area (Å²) < 4.78 is 15.0. The van der Waals surface area contributed by atoms with E-state index in [1.807, 2.05) is 32.0 Å². The van der Waals surface area contributed by atoms with Gasteiger partial charge in [-0.1, -0.05) is 48.3 Å². The highest BCUT2D eigenvalue weighted by Gasteiger charge is 2.22. The van der Waals surface area contributed by atoms with Crippen LogP contribution < -0.4 is 5.32 Å². The number of halogens is 4. The molecule has 112 valence electrons. The molecule has 0 aliphatic heterocycles. The lowest BCUT2D eigenvalue weighted by atomic mass is 9.97. The van der Waals surface area contributed by atoms with Gasteiger partial charge in [0.25, 0.3) is 0 Å². The lowest BCUT2D eigenvalue weighted by Gasteiger charge is -2.21. The van der Waals surface area contributed by atoms with Crippen LogP contribution in [0.4, 0.5) is 4.39 Å². The van der Waals surface area contributed by atoms with E-state index >= 15 is 0 Å². The summed E-state index contributed by atoms with van der Waals surface area (Å²) in [6.07, 6.45) is 0. The third-order valence-corrected chi connectivity index (χ3v) is 4.84. The minimum Gasteiger partial charge on any atom is -0.306 e. The fraction of sp³-hybridized carbons (Fsp3) is 0.250. The van der Waals surface area contributed by atoms with Crippen LogP contribution in [-0.2, 0) is 0 Å². The number of rotatable bonds is 4. The Morgan fingerprint density at radius 3 is 2.48 bits per heavy atom. The molecule has 1 unspecified atom stereocenters. The molecule has 0 bridgehead atoms. The van der Waals surface area contributed by atoms with Crippen molar-refractivity contribution in [1.29, 1.82) is 0 Å². The summed E-state index contributed by atoms with van der Waals surface area (Å²) in [6.45, 7) is 4.62. The summed E-state index contributed by atoms with van der Waals surface area (Å²) in [6, 6.07) is 8.88. The van der Waals surface area contributed by atoms with Gasteiger partial charge < -0.3 is 5.32 Å². The van der Waals surface area contributed by atoms with Crippen LogP contribution in [0.1, 0.15) is 29.7 Å². The molecule has 0 spiro atoms. The third-order valence-electron chi connectivity index (χ3n) is 3.25. The first-order valence-corrected chi connectivity index (χ1v) is 8.13. The maximum Gasteiger partial charge on any atom is 0.148 e. The maximum atomic E-state index is 14.5. The van der Waals surface area contributed by atoms with Crippen LogP contribution in [0.3, 0.4) is 0 Å². The minimum atomic E-state index is -0.436. The van der Waals surface area contributed by atoms with E-state index in [-0.39, 0.29) is 11.1 Å².